The van der Waals surface area contributed by atoms with Crippen LogP contribution in [0.15, 0.2) is 41.5 Å². The zero-order chi connectivity index (χ0) is 16.0. The molecule has 0 saturated carbocycles. The maximum atomic E-state index is 5.84. The topological polar surface area (TPSA) is 50.2 Å². The highest BCUT2D eigenvalue weighted by molar-refractivity contribution is 6.30. The molecule has 4 nitrogen and oxygen atoms in total. The molecule has 0 unspecified atom stereocenters. The lowest BCUT2D eigenvalue weighted by Gasteiger charge is -2.25. The van der Waals surface area contributed by atoms with E-state index in [9.17, 15) is 0 Å². The van der Waals surface area contributed by atoms with Crippen molar-refractivity contribution < 1.29 is 0 Å². The van der Waals surface area contributed by atoms with E-state index in [1.54, 1.807) is 6.21 Å². The number of nitrogens with zero attached hydrogens (tertiary/aromatic N) is 3. The van der Waals surface area contributed by atoms with Crippen LogP contribution in [0.5, 0.6) is 0 Å². The fourth-order valence-corrected chi connectivity index (χ4v) is 2.17. The van der Waals surface area contributed by atoms with Gasteiger partial charge in [-0.15, -0.1) is 5.10 Å². The third kappa shape index (κ3) is 4.04. The number of nitrogens with one attached hydrogen (secondary N) is 1. The van der Waals surface area contributed by atoms with Crippen molar-refractivity contribution >= 4 is 23.6 Å². The van der Waals surface area contributed by atoms with E-state index in [4.69, 9.17) is 11.6 Å². The minimum Gasteiger partial charge on any atom is -0.260 e. The second-order valence-electron chi connectivity index (χ2n) is 5.49. The molecule has 1 N–H and O–H groups in total. The van der Waals surface area contributed by atoms with Gasteiger partial charge >= 0.3 is 0 Å². The second kappa shape index (κ2) is 7.36. The minimum atomic E-state index is 0.0815. The number of aromatic nitrogens is 2. The quantitative estimate of drug-likeness (QED) is 0.623. The van der Waals surface area contributed by atoms with E-state index in [0.717, 1.165) is 24.1 Å². The van der Waals surface area contributed by atoms with Gasteiger partial charge in [-0.1, -0.05) is 44.5 Å². The summed E-state index contributed by atoms with van der Waals surface area (Å²) in [6.07, 6.45) is 3.80. The van der Waals surface area contributed by atoms with Crippen LogP contribution in [0.1, 0.15) is 44.9 Å². The largest absolute Gasteiger partial charge is 0.260 e. The lowest BCUT2D eigenvalue weighted by atomic mass is 9.81. The summed E-state index contributed by atoms with van der Waals surface area (Å²) in [5.41, 5.74) is 4.95. The molecule has 1 aromatic heterocycles. The summed E-state index contributed by atoms with van der Waals surface area (Å²) in [7, 11) is 0. The summed E-state index contributed by atoms with van der Waals surface area (Å²) >= 11 is 5.84. The predicted molar refractivity (Wildman–Crippen MR) is 92.6 cm³/mol. The van der Waals surface area contributed by atoms with Crippen LogP contribution >= 0.6 is 11.6 Å². The first kappa shape index (κ1) is 16.4. The molecule has 116 valence electrons. The van der Waals surface area contributed by atoms with E-state index in [2.05, 4.69) is 41.5 Å². The Labute approximate surface area is 136 Å². The van der Waals surface area contributed by atoms with Crippen molar-refractivity contribution in [2.75, 3.05) is 5.43 Å². The molecule has 0 aliphatic carbocycles. The Hall–Kier alpha value is -1.94. The lowest BCUT2D eigenvalue weighted by Crippen LogP contribution is -2.21. The van der Waals surface area contributed by atoms with Gasteiger partial charge in [0.05, 0.1) is 11.9 Å². The molecule has 0 fully saturated rings. The summed E-state index contributed by atoms with van der Waals surface area (Å²) in [4.78, 5) is 0. The van der Waals surface area contributed by atoms with Crippen LogP contribution < -0.4 is 5.43 Å². The molecule has 0 radical (unpaired) electrons. The van der Waals surface area contributed by atoms with Crippen molar-refractivity contribution in [2.45, 2.75) is 39.0 Å². The molecule has 2 aromatic rings. The molecule has 5 heteroatoms. The van der Waals surface area contributed by atoms with Crippen molar-refractivity contribution in [2.24, 2.45) is 5.10 Å². The molecular weight excluding hydrogens is 296 g/mol. The van der Waals surface area contributed by atoms with E-state index in [1.165, 1.54) is 0 Å². The number of hydrogen-bond donors (Lipinski definition) is 1. The Morgan fingerprint density at radius 2 is 1.77 bits per heavy atom. The van der Waals surface area contributed by atoms with Crippen LogP contribution in [0, 0.1) is 0 Å². The van der Waals surface area contributed by atoms with Gasteiger partial charge in [-0.05, 0) is 42.7 Å². The highest BCUT2D eigenvalue weighted by Crippen LogP contribution is 2.29. The Balaban J connectivity index is 2.01. The number of benzene rings is 1. The minimum absolute atomic E-state index is 0.0815. The Kier molecular flexibility index (Phi) is 5.50. The van der Waals surface area contributed by atoms with E-state index < -0.39 is 0 Å². The van der Waals surface area contributed by atoms with Crippen molar-refractivity contribution in [3.05, 3.63) is 52.7 Å². The van der Waals surface area contributed by atoms with Crippen LogP contribution in [0.25, 0.3) is 0 Å². The second-order valence-corrected chi connectivity index (χ2v) is 5.93. The summed E-state index contributed by atoms with van der Waals surface area (Å²) in [6, 6.07) is 11.4. The Morgan fingerprint density at radius 3 is 2.32 bits per heavy atom. The number of halogens is 1. The molecule has 0 amide bonds. The molecule has 0 bridgehead atoms. The monoisotopic (exact) mass is 316 g/mol. The Bertz CT molecular complexity index is 616. The SMILES string of the molecule is CCC(C)(CC)c1ccc(NN=Cc2ccc(Cl)cc2)nn1. The van der Waals surface area contributed by atoms with Crippen LogP contribution in [0.3, 0.4) is 0 Å². The first-order valence-corrected chi connectivity index (χ1v) is 7.84. The zero-order valence-electron chi connectivity index (χ0n) is 13.2. The summed E-state index contributed by atoms with van der Waals surface area (Å²) < 4.78 is 0. The van der Waals surface area contributed by atoms with Crippen LogP contribution in [-0.4, -0.2) is 16.4 Å². The van der Waals surface area contributed by atoms with Gasteiger partial charge in [0.2, 0.25) is 0 Å². The van der Waals surface area contributed by atoms with Crippen molar-refractivity contribution in [3.63, 3.8) is 0 Å². The molecule has 0 spiro atoms. The van der Waals surface area contributed by atoms with Gasteiger partial charge in [0.25, 0.3) is 0 Å². The number of hydrogen-bond acceptors (Lipinski definition) is 4. The first-order chi connectivity index (χ1) is 10.6. The van der Waals surface area contributed by atoms with Gasteiger partial charge < -0.3 is 0 Å². The third-order valence-electron chi connectivity index (χ3n) is 4.11. The number of rotatable bonds is 6. The van der Waals surface area contributed by atoms with Gasteiger partial charge in [-0.25, -0.2) is 0 Å². The van der Waals surface area contributed by atoms with Crippen LogP contribution in [0.4, 0.5) is 5.82 Å². The maximum absolute atomic E-state index is 5.84. The van der Waals surface area contributed by atoms with Gasteiger partial charge in [0.1, 0.15) is 0 Å². The van der Waals surface area contributed by atoms with E-state index in [-0.39, 0.29) is 5.41 Å². The predicted octanol–water partition coefficient (Wildman–Crippen LogP) is 4.65. The van der Waals surface area contributed by atoms with Crippen molar-refractivity contribution in [1.82, 2.24) is 10.2 Å². The highest BCUT2D eigenvalue weighted by atomic mass is 35.5. The van der Waals surface area contributed by atoms with Gasteiger partial charge in [-0.2, -0.15) is 10.2 Å². The average Bonchev–Trinajstić information content (AvgIpc) is 2.56. The van der Waals surface area contributed by atoms with Crippen molar-refractivity contribution in [3.8, 4) is 0 Å². The zero-order valence-corrected chi connectivity index (χ0v) is 13.9. The normalized spacial score (nSPS) is 11.8. The lowest BCUT2D eigenvalue weighted by molar-refractivity contribution is 0.421. The molecule has 0 atom stereocenters. The van der Waals surface area contributed by atoms with Crippen LogP contribution in [-0.2, 0) is 5.41 Å². The first-order valence-electron chi connectivity index (χ1n) is 7.46. The molecule has 2 rings (SSSR count). The van der Waals surface area contributed by atoms with Crippen LogP contribution in [0.2, 0.25) is 5.02 Å². The summed E-state index contributed by atoms with van der Waals surface area (Å²) in [5, 5.41) is 13.4. The molecule has 0 saturated heterocycles. The third-order valence-corrected chi connectivity index (χ3v) is 4.36. The number of hydrazone groups is 1. The Morgan fingerprint density at radius 1 is 1.09 bits per heavy atom. The van der Waals surface area contributed by atoms with E-state index >= 15 is 0 Å². The molecule has 0 aliphatic rings. The van der Waals surface area contributed by atoms with Gasteiger partial charge in [-0.3, -0.25) is 5.43 Å². The molecule has 0 aliphatic heterocycles. The van der Waals surface area contributed by atoms with Gasteiger partial charge in [0.15, 0.2) is 5.82 Å². The number of anilines is 1. The smallest absolute Gasteiger partial charge is 0.168 e. The molecule has 22 heavy (non-hydrogen) atoms. The summed E-state index contributed by atoms with van der Waals surface area (Å²) in [5.74, 6) is 0.628. The highest BCUT2D eigenvalue weighted by Gasteiger charge is 2.24. The summed E-state index contributed by atoms with van der Waals surface area (Å²) in [6.45, 7) is 6.56. The molecular formula is C17H21ClN4. The van der Waals surface area contributed by atoms with E-state index in [0.29, 0.717) is 10.8 Å². The average molecular weight is 317 g/mol. The van der Waals surface area contributed by atoms with Crippen molar-refractivity contribution in [1.29, 1.82) is 0 Å². The van der Waals surface area contributed by atoms with E-state index in [1.807, 2.05) is 36.4 Å². The van der Waals surface area contributed by atoms with Gasteiger partial charge in [0, 0.05) is 10.4 Å². The maximum Gasteiger partial charge on any atom is 0.168 e. The fourth-order valence-electron chi connectivity index (χ4n) is 2.05. The molecule has 1 heterocycles. The fraction of sp³-hybridized carbons (Fsp3) is 0.353. The molecule has 1 aromatic carbocycles. The standard InChI is InChI=1S/C17H21ClN4/c1-4-17(3,5-2)15-10-11-16(22-20-15)21-19-12-13-6-8-14(18)9-7-13/h6-12H,4-5H2,1-3H3,(H,21,22).